The molecule has 1 aromatic rings. The van der Waals surface area contributed by atoms with Crippen molar-refractivity contribution in [2.45, 2.75) is 57.2 Å². The van der Waals surface area contributed by atoms with E-state index in [1.54, 1.807) is 0 Å². The summed E-state index contributed by atoms with van der Waals surface area (Å²) in [6.45, 7) is 2.28. The second-order valence-corrected chi connectivity index (χ2v) is 6.63. The van der Waals surface area contributed by atoms with E-state index in [2.05, 4.69) is 59.1 Å². The highest BCUT2D eigenvalue weighted by molar-refractivity contribution is 9.10. The molecule has 3 heteroatoms. The average molecular weight is 325 g/mol. The normalized spacial score (nSPS) is 25.5. The van der Waals surface area contributed by atoms with Crippen molar-refractivity contribution < 1.29 is 0 Å². The molecule has 1 saturated carbocycles. The predicted octanol–water partition coefficient (Wildman–Crippen LogP) is 4.10. The minimum Gasteiger partial charge on any atom is -0.328 e. The van der Waals surface area contributed by atoms with Crippen LogP contribution in [0.2, 0.25) is 0 Å². The van der Waals surface area contributed by atoms with Crippen LogP contribution in [0.5, 0.6) is 0 Å². The molecular formula is C16H25BrN2. The molecule has 1 unspecified atom stereocenters. The lowest BCUT2D eigenvalue weighted by atomic mass is 9.89. The average Bonchev–Trinajstić information content (AvgIpc) is 2.42. The van der Waals surface area contributed by atoms with Crippen molar-refractivity contribution in [3.63, 3.8) is 0 Å². The Morgan fingerprint density at radius 1 is 1.21 bits per heavy atom. The molecule has 19 heavy (non-hydrogen) atoms. The largest absolute Gasteiger partial charge is 0.328 e. The third-order valence-corrected chi connectivity index (χ3v) is 4.98. The number of halogens is 1. The lowest BCUT2D eigenvalue weighted by Gasteiger charge is -2.38. The van der Waals surface area contributed by atoms with Crippen molar-refractivity contribution in [2.75, 3.05) is 7.05 Å². The van der Waals surface area contributed by atoms with E-state index in [4.69, 9.17) is 5.73 Å². The van der Waals surface area contributed by atoms with E-state index in [-0.39, 0.29) is 0 Å². The molecule has 2 N–H and O–H groups in total. The Hall–Kier alpha value is -0.380. The van der Waals surface area contributed by atoms with Gasteiger partial charge in [0.15, 0.2) is 0 Å². The van der Waals surface area contributed by atoms with Gasteiger partial charge in [-0.05, 0) is 56.8 Å². The van der Waals surface area contributed by atoms with Crippen LogP contribution in [0.4, 0.5) is 0 Å². The van der Waals surface area contributed by atoms with E-state index in [1.165, 1.54) is 31.2 Å². The van der Waals surface area contributed by atoms with Crippen LogP contribution in [-0.4, -0.2) is 24.0 Å². The van der Waals surface area contributed by atoms with Gasteiger partial charge in [0, 0.05) is 22.6 Å². The number of benzene rings is 1. The molecule has 1 fully saturated rings. The van der Waals surface area contributed by atoms with Crippen LogP contribution >= 0.6 is 15.9 Å². The summed E-state index contributed by atoms with van der Waals surface area (Å²) >= 11 is 3.51. The number of hydrogen-bond acceptors (Lipinski definition) is 2. The van der Waals surface area contributed by atoms with Crippen LogP contribution in [0.3, 0.4) is 0 Å². The van der Waals surface area contributed by atoms with Crippen LogP contribution in [-0.2, 0) is 0 Å². The molecule has 0 spiro atoms. The molecule has 2 nitrogen and oxygen atoms in total. The maximum Gasteiger partial charge on any atom is 0.0345 e. The minimum absolute atomic E-state index is 0.428. The van der Waals surface area contributed by atoms with Gasteiger partial charge < -0.3 is 5.73 Å². The highest BCUT2D eigenvalue weighted by atomic mass is 79.9. The SMILES string of the molecule is CCC(c1ccc(Br)cc1)N(C)C1CCC(N)CC1. The highest BCUT2D eigenvalue weighted by Gasteiger charge is 2.26. The molecule has 2 rings (SSSR count). The summed E-state index contributed by atoms with van der Waals surface area (Å²) in [5.74, 6) is 0. The van der Waals surface area contributed by atoms with Gasteiger partial charge >= 0.3 is 0 Å². The second kappa shape index (κ2) is 6.87. The molecule has 1 aromatic carbocycles. The maximum absolute atomic E-state index is 6.01. The van der Waals surface area contributed by atoms with Gasteiger partial charge in [0.1, 0.15) is 0 Å². The van der Waals surface area contributed by atoms with Crippen molar-refractivity contribution in [3.05, 3.63) is 34.3 Å². The van der Waals surface area contributed by atoms with Crippen LogP contribution in [0.15, 0.2) is 28.7 Å². The number of nitrogens with two attached hydrogens (primary N) is 1. The minimum atomic E-state index is 0.428. The number of hydrogen-bond donors (Lipinski definition) is 1. The second-order valence-electron chi connectivity index (χ2n) is 5.71. The van der Waals surface area contributed by atoms with E-state index in [0.717, 1.165) is 10.9 Å². The van der Waals surface area contributed by atoms with Crippen molar-refractivity contribution in [1.82, 2.24) is 4.90 Å². The molecule has 1 aliphatic rings. The van der Waals surface area contributed by atoms with E-state index in [1.807, 2.05) is 0 Å². The Morgan fingerprint density at radius 2 is 1.79 bits per heavy atom. The fourth-order valence-electron chi connectivity index (χ4n) is 3.21. The predicted molar refractivity (Wildman–Crippen MR) is 85.2 cm³/mol. The van der Waals surface area contributed by atoms with Crippen LogP contribution in [0, 0.1) is 0 Å². The first-order valence-corrected chi connectivity index (χ1v) is 8.14. The first-order valence-electron chi connectivity index (χ1n) is 7.34. The van der Waals surface area contributed by atoms with Gasteiger partial charge in [0.05, 0.1) is 0 Å². The van der Waals surface area contributed by atoms with E-state index in [0.29, 0.717) is 18.1 Å². The first-order chi connectivity index (χ1) is 9.11. The van der Waals surface area contributed by atoms with Gasteiger partial charge in [-0.2, -0.15) is 0 Å². The van der Waals surface area contributed by atoms with E-state index in [9.17, 15) is 0 Å². The molecule has 1 aliphatic carbocycles. The van der Waals surface area contributed by atoms with Crippen LogP contribution in [0.1, 0.15) is 50.6 Å². The topological polar surface area (TPSA) is 29.3 Å². The smallest absolute Gasteiger partial charge is 0.0345 e. The Kier molecular flexibility index (Phi) is 5.43. The molecular weight excluding hydrogens is 300 g/mol. The van der Waals surface area contributed by atoms with E-state index < -0.39 is 0 Å². The lowest BCUT2D eigenvalue weighted by Crippen LogP contribution is -2.40. The quantitative estimate of drug-likeness (QED) is 0.903. The van der Waals surface area contributed by atoms with Gasteiger partial charge in [0.25, 0.3) is 0 Å². The monoisotopic (exact) mass is 324 g/mol. The van der Waals surface area contributed by atoms with Gasteiger partial charge in [-0.15, -0.1) is 0 Å². The van der Waals surface area contributed by atoms with E-state index >= 15 is 0 Å². The highest BCUT2D eigenvalue weighted by Crippen LogP contribution is 2.31. The third kappa shape index (κ3) is 3.80. The number of rotatable bonds is 4. The summed E-state index contributed by atoms with van der Waals surface area (Å²) in [6, 6.07) is 10.4. The molecule has 0 aromatic heterocycles. The molecule has 0 aliphatic heterocycles. The standard InChI is InChI=1S/C16H25BrN2/c1-3-16(12-4-6-13(17)7-5-12)19(2)15-10-8-14(18)9-11-15/h4-7,14-16H,3,8-11,18H2,1-2H3. The summed E-state index contributed by atoms with van der Waals surface area (Å²) in [6.07, 6.45) is 5.98. The molecule has 0 radical (unpaired) electrons. The molecule has 0 heterocycles. The van der Waals surface area contributed by atoms with Crippen LogP contribution < -0.4 is 5.73 Å². The fourth-order valence-corrected chi connectivity index (χ4v) is 3.47. The summed E-state index contributed by atoms with van der Waals surface area (Å²) in [4.78, 5) is 2.56. The van der Waals surface area contributed by atoms with Gasteiger partial charge in [-0.1, -0.05) is 35.0 Å². The Balaban J connectivity index is 2.06. The maximum atomic E-state index is 6.01. The first kappa shape index (κ1) is 15.0. The van der Waals surface area contributed by atoms with Crippen molar-refractivity contribution >= 4 is 15.9 Å². The zero-order valence-corrected chi connectivity index (χ0v) is 13.6. The molecule has 0 amide bonds. The third-order valence-electron chi connectivity index (χ3n) is 4.45. The lowest BCUT2D eigenvalue weighted by molar-refractivity contribution is 0.128. The van der Waals surface area contributed by atoms with Crippen molar-refractivity contribution in [2.24, 2.45) is 5.73 Å². The number of nitrogens with zero attached hydrogens (tertiary/aromatic N) is 1. The summed E-state index contributed by atoms with van der Waals surface area (Å²) in [5.41, 5.74) is 7.43. The van der Waals surface area contributed by atoms with Gasteiger partial charge in [-0.25, -0.2) is 0 Å². The summed E-state index contributed by atoms with van der Waals surface area (Å²) < 4.78 is 1.15. The van der Waals surface area contributed by atoms with Crippen LogP contribution in [0.25, 0.3) is 0 Å². The van der Waals surface area contributed by atoms with Gasteiger partial charge in [0.2, 0.25) is 0 Å². The molecule has 1 atom stereocenters. The zero-order valence-electron chi connectivity index (χ0n) is 12.0. The molecule has 106 valence electrons. The Labute approximate surface area is 125 Å². The zero-order chi connectivity index (χ0) is 13.8. The van der Waals surface area contributed by atoms with Crippen molar-refractivity contribution in [3.8, 4) is 0 Å². The van der Waals surface area contributed by atoms with Gasteiger partial charge in [-0.3, -0.25) is 4.90 Å². The fraction of sp³-hybridized carbons (Fsp3) is 0.625. The Morgan fingerprint density at radius 3 is 2.32 bits per heavy atom. The molecule has 0 bridgehead atoms. The Bertz CT molecular complexity index is 382. The summed E-state index contributed by atoms with van der Waals surface area (Å²) in [7, 11) is 2.28. The van der Waals surface area contributed by atoms with Crippen molar-refractivity contribution in [1.29, 1.82) is 0 Å². The summed E-state index contributed by atoms with van der Waals surface area (Å²) in [5, 5.41) is 0. The molecule has 0 saturated heterocycles.